The molecule has 0 spiro atoms. The number of aromatic amines is 1. The average molecular weight is 344 g/mol. The summed E-state index contributed by atoms with van der Waals surface area (Å²) >= 11 is 0. The zero-order valence-electron chi connectivity index (χ0n) is 12.2. The van der Waals surface area contributed by atoms with Crippen LogP contribution in [-0.4, -0.2) is 34.9 Å². The van der Waals surface area contributed by atoms with E-state index >= 15 is 0 Å². The van der Waals surface area contributed by atoms with Crippen molar-refractivity contribution in [1.29, 1.82) is 0 Å². The van der Waals surface area contributed by atoms with Crippen molar-refractivity contribution in [2.75, 3.05) is 5.32 Å². The first-order valence-corrected chi connectivity index (χ1v) is 8.26. The lowest BCUT2D eigenvalue weighted by Gasteiger charge is -2.06. The second kappa shape index (κ2) is 6.18. The van der Waals surface area contributed by atoms with Gasteiger partial charge >= 0.3 is 0 Å². The van der Waals surface area contributed by atoms with Crippen LogP contribution in [0.4, 0.5) is 5.69 Å². The van der Waals surface area contributed by atoms with Crippen LogP contribution in [0.15, 0.2) is 53.4 Å². The van der Waals surface area contributed by atoms with Gasteiger partial charge in [-0.25, -0.2) is 13.6 Å². The smallest absolute Gasteiger partial charge is 0.255 e. The number of aromatic nitrogens is 4. The fourth-order valence-corrected chi connectivity index (χ4v) is 2.50. The van der Waals surface area contributed by atoms with E-state index in [2.05, 4.69) is 25.9 Å². The lowest BCUT2D eigenvalue weighted by atomic mass is 10.1. The molecule has 0 bridgehead atoms. The van der Waals surface area contributed by atoms with Gasteiger partial charge in [0.15, 0.2) is 0 Å². The highest BCUT2D eigenvalue weighted by molar-refractivity contribution is 7.89. The number of nitrogens with one attached hydrogen (secondary N) is 2. The molecule has 1 amide bonds. The number of nitrogens with two attached hydrogens (primary N) is 1. The summed E-state index contributed by atoms with van der Waals surface area (Å²) in [4.78, 5) is 12.2. The second-order valence-electron chi connectivity index (χ2n) is 4.84. The number of anilines is 1. The van der Waals surface area contributed by atoms with E-state index in [4.69, 9.17) is 5.14 Å². The molecule has 3 aromatic rings. The van der Waals surface area contributed by atoms with Gasteiger partial charge in [-0.3, -0.25) is 4.79 Å². The van der Waals surface area contributed by atoms with Crippen molar-refractivity contribution >= 4 is 21.6 Å². The fraction of sp³-hybridized carbons (Fsp3) is 0. The Morgan fingerprint density at radius 1 is 1.04 bits per heavy atom. The van der Waals surface area contributed by atoms with Crippen LogP contribution in [0.25, 0.3) is 11.4 Å². The van der Waals surface area contributed by atoms with Gasteiger partial charge in [-0.05, 0) is 41.6 Å². The Morgan fingerprint density at radius 2 is 1.71 bits per heavy atom. The third-order valence-corrected chi connectivity index (χ3v) is 4.12. The summed E-state index contributed by atoms with van der Waals surface area (Å²) < 4.78 is 22.4. The van der Waals surface area contributed by atoms with Crippen molar-refractivity contribution < 1.29 is 13.2 Å². The number of amides is 1. The molecule has 1 aromatic heterocycles. The van der Waals surface area contributed by atoms with E-state index in [0.717, 1.165) is 5.56 Å². The van der Waals surface area contributed by atoms with E-state index < -0.39 is 10.0 Å². The first kappa shape index (κ1) is 15.8. The van der Waals surface area contributed by atoms with Crippen molar-refractivity contribution in [3.05, 3.63) is 54.1 Å². The molecule has 0 saturated carbocycles. The second-order valence-corrected chi connectivity index (χ2v) is 6.40. The third kappa shape index (κ3) is 3.45. The monoisotopic (exact) mass is 344 g/mol. The van der Waals surface area contributed by atoms with Gasteiger partial charge in [-0.15, -0.1) is 10.2 Å². The zero-order valence-corrected chi connectivity index (χ0v) is 13.0. The van der Waals surface area contributed by atoms with Gasteiger partial charge in [0, 0.05) is 16.8 Å². The number of carbonyl (C=O) groups excluding carboxylic acids is 1. The first-order valence-electron chi connectivity index (χ1n) is 6.71. The summed E-state index contributed by atoms with van der Waals surface area (Å²) in [6.45, 7) is 0. The Kier molecular flexibility index (Phi) is 4.06. The van der Waals surface area contributed by atoms with Crippen LogP contribution < -0.4 is 10.5 Å². The molecule has 0 fully saturated rings. The van der Waals surface area contributed by atoms with Gasteiger partial charge in [0.1, 0.15) is 0 Å². The molecule has 3 rings (SSSR count). The van der Waals surface area contributed by atoms with Crippen LogP contribution >= 0.6 is 0 Å². The highest BCUT2D eigenvalue weighted by atomic mass is 32.2. The largest absolute Gasteiger partial charge is 0.322 e. The molecular weight excluding hydrogens is 332 g/mol. The lowest BCUT2D eigenvalue weighted by molar-refractivity contribution is 0.102. The van der Waals surface area contributed by atoms with Crippen LogP contribution in [0.1, 0.15) is 10.4 Å². The maximum absolute atomic E-state index is 12.2. The standard InChI is InChI=1S/C14H12N6O3S/c15-24(22,23)12-7-5-11(6-8-12)16-14(21)10-3-1-9(2-4-10)13-17-19-20-18-13/h1-8H,(H,16,21)(H2,15,22,23)(H,17,18,19,20). The molecule has 10 heteroatoms. The van der Waals surface area contributed by atoms with E-state index in [1.54, 1.807) is 24.3 Å². The molecule has 24 heavy (non-hydrogen) atoms. The molecule has 0 unspecified atom stereocenters. The normalized spacial score (nSPS) is 11.2. The van der Waals surface area contributed by atoms with Crippen LogP contribution in [0.2, 0.25) is 0 Å². The highest BCUT2D eigenvalue weighted by Crippen LogP contribution is 2.16. The molecule has 1 heterocycles. The maximum Gasteiger partial charge on any atom is 0.255 e. The van der Waals surface area contributed by atoms with Gasteiger partial charge in [0.05, 0.1) is 4.90 Å². The number of rotatable bonds is 4. The molecule has 122 valence electrons. The highest BCUT2D eigenvalue weighted by Gasteiger charge is 2.10. The quantitative estimate of drug-likeness (QED) is 0.637. The summed E-state index contributed by atoms with van der Waals surface area (Å²) in [6, 6.07) is 12.2. The minimum absolute atomic E-state index is 0.0232. The summed E-state index contributed by atoms with van der Waals surface area (Å²) in [5, 5.41) is 21.2. The van der Waals surface area contributed by atoms with Crippen LogP contribution in [0.3, 0.4) is 0 Å². The van der Waals surface area contributed by atoms with Crippen LogP contribution in [0, 0.1) is 0 Å². The minimum atomic E-state index is -3.76. The minimum Gasteiger partial charge on any atom is -0.322 e. The van der Waals surface area contributed by atoms with E-state index in [1.807, 2.05) is 0 Å². The average Bonchev–Trinajstić information content (AvgIpc) is 3.09. The van der Waals surface area contributed by atoms with E-state index in [-0.39, 0.29) is 10.8 Å². The van der Waals surface area contributed by atoms with Gasteiger partial charge in [0.2, 0.25) is 15.8 Å². The summed E-state index contributed by atoms with van der Waals surface area (Å²) in [5.41, 5.74) is 1.60. The Morgan fingerprint density at radius 3 is 2.25 bits per heavy atom. The van der Waals surface area contributed by atoms with Crippen molar-refractivity contribution in [3.63, 3.8) is 0 Å². The molecule has 2 aromatic carbocycles. The van der Waals surface area contributed by atoms with E-state index in [0.29, 0.717) is 17.1 Å². The predicted octanol–water partition coefficient (Wildman–Crippen LogP) is 0.766. The van der Waals surface area contributed by atoms with Crippen molar-refractivity contribution in [2.24, 2.45) is 5.14 Å². The van der Waals surface area contributed by atoms with Gasteiger partial charge in [-0.1, -0.05) is 12.1 Å². The van der Waals surface area contributed by atoms with Crippen LogP contribution in [0.5, 0.6) is 0 Å². The summed E-state index contributed by atoms with van der Waals surface area (Å²) in [5.74, 6) is 0.0959. The number of hydrogen-bond acceptors (Lipinski definition) is 6. The Labute approximate surface area is 136 Å². The molecule has 0 atom stereocenters. The zero-order chi connectivity index (χ0) is 17.2. The third-order valence-electron chi connectivity index (χ3n) is 3.19. The predicted molar refractivity (Wildman–Crippen MR) is 85.4 cm³/mol. The van der Waals surface area contributed by atoms with Crippen molar-refractivity contribution in [3.8, 4) is 11.4 Å². The molecule has 0 aliphatic heterocycles. The number of carbonyl (C=O) groups is 1. The van der Waals surface area contributed by atoms with E-state index in [1.165, 1.54) is 24.3 Å². The molecule has 0 radical (unpaired) electrons. The number of sulfonamides is 1. The maximum atomic E-state index is 12.2. The molecule has 0 aliphatic carbocycles. The number of benzene rings is 2. The fourth-order valence-electron chi connectivity index (χ4n) is 1.99. The Hall–Kier alpha value is -3.11. The SMILES string of the molecule is NS(=O)(=O)c1ccc(NC(=O)c2ccc(-c3nn[nH]n3)cc2)cc1. The molecule has 0 aliphatic rings. The van der Waals surface area contributed by atoms with Gasteiger partial charge in [-0.2, -0.15) is 5.21 Å². The number of tetrazole rings is 1. The Balaban J connectivity index is 1.73. The molecule has 4 N–H and O–H groups in total. The number of H-pyrrole nitrogens is 1. The molecule has 0 saturated heterocycles. The number of primary sulfonamides is 1. The lowest BCUT2D eigenvalue weighted by Crippen LogP contribution is -2.13. The van der Waals surface area contributed by atoms with Crippen molar-refractivity contribution in [1.82, 2.24) is 20.6 Å². The molecule has 9 nitrogen and oxygen atoms in total. The van der Waals surface area contributed by atoms with Gasteiger partial charge < -0.3 is 5.32 Å². The van der Waals surface area contributed by atoms with Gasteiger partial charge in [0.25, 0.3) is 5.91 Å². The summed E-state index contributed by atoms with van der Waals surface area (Å²) in [7, 11) is -3.76. The Bertz CT molecular complexity index is 951. The molecular formula is C14H12N6O3S. The topological polar surface area (TPSA) is 144 Å². The summed E-state index contributed by atoms with van der Waals surface area (Å²) in [6.07, 6.45) is 0. The number of hydrogen-bond donors (Lipinski definition) is 3. The first-order chi connectivity index (χ1) is 11.4. The van der Waals surface area contributed by atoms with Crippen molar-refractivity contribution in [2.45, 2.75) is 4.90 Å². The van der Waals surface area contributed by atoms with Crippen LogP contribution in [-0.2, 0) is 10.0 Å². The number of nitrogens with zero attached hydrogens (tertiary/aromatic N) is 3. The van der Waals surface area contributed by atoms with E-state index in [9.17, 15) is 13.2 Å².